The van der Waals surface area contributed by atoms with Gasteiger partial charge in [-0.25, -0.2) is 15.0 Å². The second-order valence-corrected chi connectivity index (χ2v) is 19.1. The summed E-state index contributed by atoms with van der Waals surface area (Å²) < 4.78 is 6.75. The first-order valence-electron chi connectivity index (χ1n) is 22.6. The zero-order valence-corrected chi connectivity index (χ0v) is 36.5. The van der Waals surface area contributed by atoms with Gasteiger partial charge in [0.15, 0.2) is 17.5 Å². The summed E-state index contributed by atoms with van der Waals surface area (Å²) in [5, 5.41) is 11.9. The summed E-state index contributed by atoms with van der Waals surface area (Å²) >= 11 is 0. The van der Waals surface area contributed by atoms with Crippen LogP contribution in [0.3, 0.4) is 0 Å². The van der Waals surface area contributed by atoms with E-state index in [2.05, 4.69) is 204 Å². The first-order valence-corrected chi connectivity index (χ1v) is 22.6. The van der Waals surface area contributed by atoms with Crippen molar-refractivity contribution >= 4 is 65.0 Å². The number of rotatable bonds is 3. The quantitative estimate of drug-likeness (QED) is 0.166. The lowest BCUT2D eigenvalue weighted by atomic mass is 9.82. The fourth-order valence-corrected chi connectivity index (χ4v) is 11.7. The van der Waals surface area contributed by atoms with E-state index in [4.69, 9.17) is 19.4 Å². The fourth-order valence-electron chi connectivity index (χ4n) is 11.7. The summed E-state index contributed by atoms with van der Waals surface area (Å²) in [6, 6.07) is 63.9. The van der Waals surface area contributed by atoms with Gasteiger partial charge in [-0.3, -0.25) is 0 Å². The van der Waals surface area contributed by atoms with Gasteiger partial charge >= 0.3 is 0 Å². The number of hydrogen-bond donors (Lipinski definition) is 0. The lowest BCUT2D eigenvalue weighted by Crippen LogP contribution is -2.15. The average molecular weight is 832 g/mol. The Balaban J connectivity index is 1.03. The van der Waals surface area contributed by atoms with Crippen molar-refractivity contribution in [3.8, 4) is 56.4 Å². The number of furan rings is 1. The highest BCUT2D eigenvalue weighted by atomic mass is 16.3. The van der Waals surface area contributed by atoms with Crippen molar-refractivity contribution < 1.29 is 4.42 Å². The minimum atomic E-state index is -0.179. The monoisotopic (exact) mass is 831 g/mol. The summed E-state index contributed by atoms with van der Waals surface area (Å²) in [5.74, 6) is 1.87. The number of nitrogens with zero attached hydrogens (tertiary/aromatic N) is 3. The van der Waals surface area contributed by atoms with E-state index >= 15 is 0 Å². The summed E-state index contributed by atoms with van der Waals surface area (Å²) in [6.07, 6.45) is 0. The molecule has 10 aromatic carbocycles. The third-order valence-electron chi connectivity index (χ3n) is 14.9. The van der Waals surface area contributed by atoms with Crippen molar-refractivity contribution in [3.05, 3.63) is 198 Å². The van der Waals surface area contributed by atoms with E-state index in [9.17, 15) is 0 Å². The highest BCUT2D eigenvalue weighted by Crippen LogP contribution is 2.52. The maximum Gasteiger partial charge on any atom is 0.164 e. The second kappa shape index (κ2) is 12.8. The van der Waals surface area contributed by atoms with E-state index in [-0.39, 0.29) is 10.8 Å². The molecule has 0 spiro atoms. The van der Waals surface area contributed by atoms with Crippen LogP contribution in [0.15, 0.2) is 180 Å². The Kier molecular flexibility index (Phi) is 7.21. The summed E-state index contributed by atoms with van der Waals surface area (Å²) in [4.78, 5) is 16.2. The predicted octanol–water partition coefficient (Wildman–Crippen LogP) is 16.0. The summed E-state index contributed by atoms with van der Waals surface area (Å²) in [7, 11) is 0. The smallest absolute Gasteiger partial charge is 0.164 e. The van der Waals surface area contributed by atoms with Gasteiger partial charge in [-0.2, -0.15) is 0 Å². The van der Waals surface area contributed by atoms with Crippen LogP contribution < -0.4 is 0 Å². The SMILES string of the molecule is CC1(C)c2ccccc2-c2ccc(-c3nc(-c4ccc5ccc6c7ccccc7c7ccccc7c6c5c4)nc(-c4cccc5oc6cc7c(cc6c45)-c4ccccc4C7(C)C)n3)cc21. The number of hydrogen-bond acceptors (Lipinski definition) is 4. The molecule has 2 aliphatic carbocycles. The lowest BCUT2D eigenvalue weighted by molar-refractivity contribution is 0.647. The maximum absolute atomic E-state index is 6.75. The van der Waals surface area contributed by atoms with Crippen LogP contribution in [-0.4, -0.2) is 15.0 Å². The van der Waals surface area contributed by atoms with E-state index in [1.807, 2.05) is 0 Å². The first-order chi connectivity index (χ1) is 31.7. The summed E-state index contributed by atoms with van der Waals surface area (Å²) in [6.45, 7) is 9.26. The van der Waals surface area contributed by atoms with E-state index in [0.717, 1.165) is 38.6 Å². The van der Waals surface area contributed by atoms with Crippen LogP contribution in [0.4, 0.5) is 0 Å². The van der Waals surface area contributed by atoms with Crippen LogP contribution in [0.1, 0.15) is 49.9 Å². The van der Waals surface area contributed by atoms with Crippen molar-refractivity contribution in [1.82, 2.24) is 15.0 Å². The predicted molar refractivity (Wildman–Crippen MR) is 269 cm³/mol. The Bertz CT molecular complexity index is 4040. The molecule has 0 aliphatic heterocycles. The van der Waals surface area contributed by atoms with Gasteiger partial charge in [0.2, 0.25) is 0 Å². The van der Waals surface area contributed by atoms with Gasteiger partial charge in [0.1, 0.15) is 11.2 Å². The van der Waals surface area contributed by atoms with Crippen LogP contribution in [0.2, 0.25) is 0 Å². The van der Waals surface area contributed by atoms with Crippen molar-refractivity contribution in [3.63, 3.8) is 0 Å². The normalized spacial score (nSPS) is 14.4. The zero-order valence-electron chi connectivity index (χ0n) is 36.5. The maximum atomic E-state index is 6.75. The largest absolute Gasteiger partial charge is 0.456 e. The fraction of sp³-hybridized carbons (Fsp3) is 0.0984. The molecule has 12 aromatic rings. The Hall–Kier alpha value is -7.95. The molecule has 0 bridgehead atoms. The molecule has 0 atom stereocenters. The van der Waals surface area contributed by atoms with Crippen LogP contribution in [0.5, 0.6) is 0 Å². The van der Waals surface area contributed by atoms with Crippen molar-refractivity contribution in [2.45, 2.75) is 38.5 Å². The molecule has 0 unspecified atom stereocenters. The molecule has 306 valence electrons. The molecule has 2 aliphatic rings. The minimum Gasteiger partial charge on any atom is -0.456 e. The molecule has 2 heterocycles. The molecule has 0 fully saturated rings. The van der Waals surface area contributed by atoms with Gasteiger partial charge in [0, 0.05) is 38.3 Å². The molecule has 2 aromatic heterocycles. The molecule has 4 heteroatoms. The van der Waals surface area contributed by atoms with Gasteiger partial charge in [-0.1, -0.05) is 173 Å². The lowest BCUT2D eigenvalue weighted by Gasteiger charge is -2.21. The molecular weight excluding hydrogens is 791 g/mol. The molecule has 0 saturated carbocycles. The highest BCUT2D eigenvalue weighted by Gasteiger charge is 2.37. The topological polar surface area (TPSA) is 51.8 Å². The van der Waals surface area contributed by atoms with E-state index in [1.165, 1.54) is 87.6 Å². The van der Waals surface area contributed by atoms with Crippen LogP contribution >= 0.6 is 0 Å². The van der Waals surface area contributed by atoms with Crippen molar-refractivity contribution in [2.24, 2.45) is 0 Å². The third-order valence-corrected chi connectivity index (χ3v) is 14.9. The Morgan fingerprint density at radius 1 is 0.323 bits per heavy atom. The molecule has 14 rings (SSSR count). The summed E-state index contributed by atoms with van der Waals surface area (Å²) in [5.41, 5.74) is 14.5. The Morgan fingerprint density at radius 2 is 0.846 bits per heavy atom. The van der Waals surface area contributed by atoms with E-state index < -0.39 is 0 Å². The van der Waals surface area contributed by atoms with E-state index in [0.29, 0.717) is 17.5 Å². The van der Waals surface area contributed by atoms with Gasteiger partial charge in [0.25, 0.3) is 0 Å². The van der Waals surface area contributed by atoms with Gasteiger partial charge < -0.3 is 4.42 Å². The van der Waals surface area contributed by atoms with Crippen LogP contribution in [0.25, 0.3) is 121 Å². The molecule has 0 amide bonds. The van der Waals surface area contributed by atoms with E-state index in [1.54, 1.807) is 0 Å². The molecule has 0 N–H and O–H groups in total. The molecule has 0 radical (unpaired) electrons. The van der Waals surface area contributed by atoms with Crippen LogP contribution in [-0.2, 0) is 10.8 Å². The first kappa shape index (κ1) is 36.5. The minimum absolute atomic E-state index is 0.143. The van der Waals surface area contributed by atoms with Gasteiger partial charge in [-0.05, 0) is 118 Å². The number of aromatic nitrogens is 3. The van der Waals surface area contributed by atoms with Gasteiger partial charge in [0.05, 0.1) is 0 Å². The molecule has 4 nitrogen and oxygen atoms in total. The third kappa shape index (κ3) is 5.00. The molecule has 0 saturated heterocycles. The van der Waals surface area contributed by atoms with Crippen LogP contribution in [0, 0.1) is 0 Å². The van der Waals surface area contributed by atoms with Crippen molar-refractivity contribution in [2.75, 3.05) is 0 Å². The number of fused-ring (bicyclic) bond motifs is 17. The van der Waals surface area contributed by atoms with Crippen molar-refractivity contribution in [1.29, 1.82) is 0 Å². The standard InChI is InChI=1S/C61H41N3O/c1-60(2)49-21-11-9-17-40(49)42-28-27-36(31-51(42)60)58-62-57(35-25-24-34-26-29-44-39-16-6-5-14-37(39)38-15-7-8-19-43(38)55(44)46(34)30-35)63-59(64-58)45-20-13-23-53-56(45)48-32-47-41-18-10-12-22-50(41)61(3,4)52(47)33-54(48)65-53/h5-33H,1-4H3. The second-order valence-electron chi connectivity index (χ2n) is 19.1. The number of benzene rings is 10. The zero-order chi connectivity index (χ0) is 43.3. The molecule has 65 heavy (non-hydrogen) atoms. The molecular formula is C61H41N3O. The average Bonchev–Trinajstić information content (AvgIpc) is 3.91. The highest BCUT2D eigenvalue weighted by molar-refractivity contribution is 6.31. The van der Waals surface area contributed by atoms with Gasteiger partial charge in [-0.15, -0.1) is 0 Å². The Morgan fingerprint density at radius 3 is 1.57 bits per heavy atom. The Labute approximate surface area is 375 Å².